The molecule has 1 amide bonds. The number of non-ortho nitro benzene ring substituents is 1. The second kappa shape index (κ2) is 8.61. The van der Waals surface area contributed by atoms with Gasteiger partial charge in [-0.1, -0.05) is 23.2 Å². The number of methoxy groups -OCH3 is 1. The van der Waals surface area contributed by atoms with Gasteiger partial charge in [-0.05, 0) is 24.3 Å². The van der Waals surface area contributed by atoms with E-state index in [1.807, 2.05) is 5.43 Å². The van der Waals surface area contributed by atoms with Gasteiger partial charge in [0.15, 0.2) is 0 Å². The fraction of sp³-hybridized carbons (Fsp3) is 0.133. The van der Waals surface area contributed by atoms with E-state index >= 15 is 0 Å². The highest BCUT2D eigenvalue weighted by molar-refractivity contribution is 7.92. The summed E-state index contributed by atoms with van der Waals surface area (Å²) in [5.74, 6) is 4.20. The third-order valence-corrected chi connectivity index (χ3v) is 6.06. The number of nitro benzene ring substituents is 1. The number of halogens is 2. The van der Waals surface area contributed by atoms with Gasteiger partial charge >= 0.3 is 0 Å². The molecule has 2 rings (SSSR count). The fourth-order valence-electron chi connectivity index (χ4n) is 2.23. The first-order valence-electron chi connectivity index (χ1n) is 7.41. The van der Waals surface area contributed by atoms with E-state index in [1.54, 1.807) is 0 Å². The number of benzene rings is 2. The molecule has 0 spiro atoms. The van der Waals surface area contributed by atoms with Crippen molar-refractivity contribution in [3.63, 3.8) is 0 Å². The van der Waals surface area contributed by atoms with Gasteiger partial charge in [0.25, 0.3) is 21.6 Å². The maximum atomic E-state index is 13.2. The molecule has 0 saturated carbocycles. The molecular formula is C15H14Cl2N4O6S. The summed E-state index contributed by atoms with van der Waals surface area (Å²) in [6.07, 6.45) is 0. The molecule has 2 aromatic rings. The normalized spacial score (nSPS) is 11.0. The van der Waals surface area contributed by atoms with Crippen LogP contribution in [0.2, 0.25) is 10.0 Å². The van der Waals surface area contributed by atoms with Crippen LogP contribution in [0.5, 0.6) is 5.75 Å². The third kappa shape index (κ3) is 4.44. The highest BCUT2D eigenvalue weighted by atomic mass is 35.5. The number of hydrazine groups is 1. The van der Waals surface area contributed by atoms with Crippen LogP contribution >= 0.6 is 23.2 Å². The Hall–Kier alpha value is -2.60. The molecule has 0 unspecified atom stereocenters. The summed E-state index contributed by atoms with van der Waals surface area (Å²) in [4.78, 5) is 22.0. The topological polar surface area (TPSA) is 145 Å². The van der Waals surface area contributed by atoms with E-state index in [9.17, 15) is 23.3 Å². The number of nitrogens with zero attached hydrogens (tertiary/aromatic N) is 2. The van der Waals surface area contributed by atoms with Crippen molar-refractivity contribution in [3.8, 4) is 5.75 Å². The Bertz CT molecular complexity index is 1030. The van der Waals surface area contributed by atoms with E-state index in [1.165, 1.54) is 25.3 Å². The summed E-state index contributed by atoms with van der Waals surface area (Å²) < 4.78 is 32.1. The highest BCUT2D eigenvalue weighted by Gasteiger charge is 2.31. The summed E-state index contributed by atoms with van der Waals surface area (Å²) in [5.41, 5.74) is 1.18. The summed E-state index contributed by atoms with van der Waals surface area (Å²) >= 11 is 11.7. The van der Waals surface area contributed by atoms with E-state index in [0.29, 0.717) is 4.31 Å². The van der Waals surface area contributed by atoms with Crippen molar-refractivity contribution in [3.05, 3.63) is 56.6 Å². The molecule has 0 heterocycles. The Morgan fingerprint density at radius 2 is 1.93 bits per heavy atom. The zero-order valence-electron chi connectivity index (χ0n) is 14.3. The molecule has 0 aliphatic carbocycles. The molecule has 28 heavy (non-hydrogen) atoms. The van der Waals surface area contributed by atoms with Crippen LogP contribution in [0.25, 0.3) is 0 Å². The van der Waals surface area contributed by atoms with Crippen LogP contribution in [0.1, 0.15) is 0 Å². The van der Waals surface area contributed by atoms with Crippen molar-refractivity contribution < 1.29 is 22.9 Å². The zero-order chi connectivity index (χ0) is 21.1. The van der Waals surface area contributed by atoms with Crippen LogP contribution in [0, 0.1) is 10.1 Å². The lowest BCUT2D eigenvalue weighted by molar-refractivity contribution is -0.384. The maximum Gasteiger partial charge on any atom is 0.271 e. The van der Waals surface area contributed by atoms with Crippen molar-refractivity contribution in [1.29, 1.82) is 0 Å². The number of nitrogens with one attached hydrogen (secondary N) is 1. The van der Waals surface area contributed by atoms with Gasteiger partial charge in [0.2, 0.25) is 0 Å². The van der Waals surface area contributed by atoms with Crippen LogP contribution in [-0.4, -0.2) is 32.9 Å². The summed E-state index contributed by atoms with van der Waals surface area (Å²) in [7, 11) is -3.15. The quantitative estimate of drug-likeness (QED) is 0.285. The minimum atomic E-state index is -4.40. The van der Waals surface area contributed by atoms with Gasteiger partial charge in [0.1, 0.15) is 18.0 Å². The van der Waals surface area contributed by atoms with E-state index in [2.05, 4.69) is 0 Å². The van der Waals surface area contributed by atoms with Gasteiger partial charge < -0.3 is 4.74 Å². The van der Waals surface area contributed by atoms with Gasteiger partial charge in [0, 0.05) is 12.1 Å². The number of anilines is 1. The molecule has 0 atom stereocenters. The molecule has 0 radical (unpaired) electrons. The van der Waals surface area contributed by atoms with Crippen molar-refractivity contribution in [1.82, 2.24) is 5.43 Å². The lowest BCUT2D eigenvalue weighted by atomic mass is 10.2. The largest absolute Gasteiger partial charge is 0.495 e. The number of nitrogens with two attached hydrogens (primary N) is 1. The standard InChI is InChI=1S/C15H14Cl2N4O6S/c1-27-14-5-2-9(21(23)24)6-13(14)20(8-15(22)19-18)28(25,26)10-3-4-11(16)12(17)7-10/h2-7H,8,18H2,1H3,(H,19,22). The van der Waals surface area contributed by atoms with E-state index < -0.39 is 33.1 Å². The lowest BCUT2D eigenvalue weighted by Gasteiger charge is -2.25. The molecule has 0 saturated heterocycles. The average molecular weight is 449 g/mol. The molecule has 3 N–H and O–H groups in total. The Morgan fingerprint density at radius 3 is 2.46 bits per heavy atom. The number of hydrogen-bond acceptors (Lipinski definition) is 7. The predicted octanol–water partition coefficient (Wildman–Crippen LogP) is 2.10. The molecule has 13 heteroatoms. The fourth-order valence-corrected chi connectivity index (χ4v) is 4.04. The second-order valence-corrected chi connectivity index (χ2v) is 7.95. The number of ether oxygens (including phenoxy) is 1. The van der Waals surface area contributed by atoms with Crippen LogP contribution in [-0.2, 0) is 14.8 Å². The molecule has 10 nitrogen and oxygen atoms in total. The first-order chi connectivity index (χ1) is 13.1. The first-order valence-corrected chi connectivity index (χ1v) is 9.61. The second-order valence-electron chi connectivity index (χ2n) is 5.27. The summed E-state index contributed by atoms with van der Waals surface area (Å²) in [6.45, 7) is -0.767. The molecule has 0 aromatic heterocycles. The Morgan fingerprint density at radius 1 is 1.25 bits per heavy atom. The van der Waals surface area contributed by atoms with Crippen LogP contribution < -0.4 is 20.3 Å². The van der Waals surface area contributed by atoms with Crippen LogP contribution in [0.3, 0.4) is 0 Å². The zero-order valence-corrected chi connectivity index (χ0v) is 16.6. The van der Waals surface area contributed by atoms with E-state index in [0.717, 1.165) is 18.2 Å². The smallest absolute Gasteiger partial charge is 0.271 e. The van der Waals surface area contributed by atoms with Crippen molar-refractivity contribution in [2.24, 2.45) is 5.84 Å². The number of hydrogen-bond donors (Lipinski definition) is 2. The summed E-state index contributed by atoms with van der Waals surface area (Å²) in [5, 5.41) is 11.2. The van der Waals surface area contributed by atoms with Crippen LogP contribution in [0.4, 0.5) is 11.4 Å². The SMILES string of the molecule is COc1ccc([N+](=O)[O-])cc1N(CC(=O)NN)S(=O)(=O)c1ccc(Cl)c(Cl)c1. The van der Waals surface area contributed by atoms with Crippen LogP contribution in [0.15, 0.2) is 41.3 Å². The molecule has 0 aliphatic rings. The van der Waals surface area contributed by atoms with Gasteiger partial charge in [0.05, 0.1) is 27.0 Å². The predicted molar refractivity (Wildman–Crippen MR) is 103 cm³/mol. The minimum absolute atomic E-state index is 0.0148. The van der Waals surface area contributed by atoms with Gasteiger partial charge in [-0.25, -0.2) is 14.3 Å². The van der Waals surface area contributed by atoms with E-state index in [4.69, 9.17) is 33.8 Å². The monoisotopic (exact) mass is 448 g/mol. The number of carbonyl (C=O) groups is 1. The van der Waals surface area contributed by atoms with Crippen molar-refractivity contribution >= 4 is 50.5 Å². The maximum absolute atomic E-state index is 13.2. The van der Waals surface area contributed by atoms with Gasteiger partial charge in [-0.3, -0.25) is 24.6 Å². The Labute approximate surface area is 169 Å². The molecule has 0 bridgehead atoms. The Balaban J connectivity index is 2.72. The number of rotatable bonds is 7. The minimum Gasteiger partial charge on any atom is -0.495 e. The first kappa shape index (κ1) is 21.7. The summed E-state index contributed by atoms with van der Waals surface area (Å²) in [6, 6.07) is 6.86. The average Bonchev–Trinajstić information content (AvgIpc) is 2.67. The number of nitro groups is 1. The van der Waals surface area contributed by atoms with Gasteiger partial charge in [-0.2, -0.15) is 0 Å². The molecule has 150 valence electrons. The molecule has 2 aromatic carbocycles. The van der Waals surface area contributed by atoms with Crippen molar-refractivity contribution in [2.45, 2.75) is 4.90 Å². The molecule has 0 aliphatic heterocycles. The number of amides is 1. The molecule has 0 fully saturated rings. The lowest BCUT2D eigenvalue weighted by Crippen LogP contribution is -2.43. The third-order valence-electron chi connectivity index (χ3n) is 3.57. The van der Waals surface area contributed by atoms with Gasteiger partial charge in [-0.15, -0.1) is 0 Å². The number of sulfonamides is 1. The molecular weight excluding hydrogens is 435 g/mol. The number of carbonyl (C=O) groups excluding carboxylic acids is 1. The van der Waals surface area contributed by atoms with Crippen molar-refractivity contribution in [2.75, 3.05) is 18.0 Å². The highest BCUT2D eigenvalue weighted by Crippen LogP contribution is 2.36. The van der Waals surface area contributed by atoms with E-state index in [-0.39, 0.29) is 26.4 Å². The Kier molecular flexibility index (Phi) is 6.67.